The molecule has 134 valence electrons. The molecule has 1 aliphatic rings. The highest BCUT2D eigenvalue weighted by Gasteiger charge is 2.22. The minimum absolute atomic E-state index is 0.0162. The Kier molecular flexibility index (Phi) is 7.06. The summed E-state index contributed by atoms with van der Waals surface area (Å²) >= 11 is 0. The van der Waals surface area contributed by atoms with Crippen LogP contribution in [-0.2, 0) is 9.53 Å². The number of amides is 2. The van der Waals surface area contributed by atoms with Gasteiger partial charge < -0.3 is 15.4 Å². The quantitative estimate of drug-likeness (QED) is 0.769. The monoisotopic (exact) mass is 346 g/mol. The van der Waals surface area contributed by atoms with Crippen LogP contribution in [0.15, 0.2) is 18.2 Å². The van der Waals surface area contributed by atoms with Gasteiger partial charge in [0, 0.05) is 19.0 Å². The van der Waals surface area contributed by atoms with Gasteiger partial charge in [0.05, 0.1) is 6.04 Å². The van der Waals surface area contributed by atoms with Crippen molar-refractivity contribution < 1.29 is 27.5 Å². The first-order valence-corrected chi connectivity index (χ1v) is 7.43. The lowest BCUT2D eigenvalue weighted by Gasteiger charge is -2.26. The summed E-state index contributed by atoms with van der Waals surface area (Å²) in [5, 5.41) is 5.41. The van der Waals surface area contributed by atoms with E-state index in [0.29, 0.717) is 25.5 Å². The van der Waals surface area contributed by atoms with Crippen molar-refractivity contribution in [2.24, 2.45) is 0 Å². The molecule has 0 saturated carbocycles. The number of carbonyl (C=O) groups is 2. The Hall–Kier alpha value is -2.25. The lowest BCUT2D eigenvalue weighted by Crippen LogP contribution is -2.48. The second-order valence-corrected chi connectivity index (χ2v) is 6.24. The van der Waals surface area contributed by atoms with Crippen LogP contribution in [0.25, 0.3) is 0 Å². The molecule has 1 atom stereocenters. The van der Waals surface area contributed by atoms with Gasteiger partial charge in [-0.1, -0.05) is 0 Å². The van der Waals surface area contributed by atoms with Crippen LogP contribution >= 0.6 is 0 Å². The summed E-state index contributed by atoms with van der Waals surface area (Å²) < 4.78 is 41.0. The van der Waals surface area contributed by atoms with Crippen LogP contribution in [0.5, 0.6) is 0 Å². The zero-order valence-electron chi connectivity index (χ0n) is 13.8. The standard InChI is InChI=1S/C10H18N2O3.C6H3F3/c1-10(2,3)15-9(14)12-7-4-5-8(13)11-6-7;7-4-1-2-5(8)6(9)3-4/h7H,4-6H2,1-3H3,(H,11,13)(H,12,14);1-3H/t7-;/m1./s1. The number of nitrogens with one attached hydrogen (secondary N) is 2. The Morgan fingerprint density at radius 3 is 2.38 bits per heavy atom. The first-order valence-electron chi connectivity index (χ1n) is 7.43. The number of benzene rings is 1. The van der Waals surface area contributed by atoms with Gasteiger partial charge in [0.15, 0.2) is 11.6 Å². The van der Waals surface area contributed by atoms with Crippen molar-refractivity contribution in [3.63, 3.8) is 0 Å². The van der Waals surface area contributed by atoms with Gasteiger partial charge in [-0.2, -0.15) is 0 Å². The van der Waals surface area contributed by atoms with Crippen LogP contribution in [0.2, 0.25) is 0 Å². The first-order chi connectivity index (χ1) is 11.1. The predicted molar refractivity (Wildman–Crippen MR) is 81.7 cm³/mol. The highest BCUT2D eigenvalue weighted by molar-refractivity contribution is 5.77. The zero-order chi connectivity index (χ0) is 18.3. The van der Waals surface area contributed by atoms with Gasteiger partial charge in [-0.3, -0.25) is 4.79 Å². The number of piperidine rings is 1. The summed E-state index contributed by atoms with van der Waals surface area (Å²) in [4.78, 5) is 22.2. The van der Waals surface area contributed by atoms with Crippen molar-refractivity contribution >= 4 is 12.0 Å². The number of carbonyl (C=O) groups excluding carboxylic acids is 2. The minimum Gasteiger partial charge on any atom is -0.444 e. The maximum absolute atomic E-state index is 12.0. The van der Waals surface area contributed by atoms with E-state index in [4.69, 9.17) is 4.74 Å². The summed E-state index contributed by atoms with van der Waals surface area (Å²) in [6.45, 7) is 5.93. The molecule has 1 aromatic carbocycles. The van der Waals surface area contributed by atoms with E-state index in [-0.39, 0.29) is 11.9 Å². The molecule has 8 heteroatoms. The van der Waals surface area contributed by atoms with E-state index in [1.807, 2.05) is 20.8 Å². The second-order valence-electron chi connectivity index (χ2n) is 6.24. The molecule has 0 unspecified atom stereocenters. The van der Waals surface area contributed by atoms with Crippen LogP contribution in [0.3, 0.4) is 0 Å². The molecule has 1 heterocycles. The van der Waals surface area contributed by atoms with E-state index >= 15 is 0 Å². The molecule has 2 amide bonds. The number of hydrogen-bond donors (Lipinski definition) is 2. The Morgan fingerprint density at radius 2 is 1.92 bits per heavy atom. The van der Waals surface area contributed by atoms with E-state index in [9.17, 15) is 22.8 Å². The van der Waals surface area contributed by atoms with Crippen LogP contribution < -0.4 is 10.6 Å². The molecule has 0 bridgehead atoms. The van der Waals surface area contributed by atoms with Gasteiger partial charge in [-0.25, -0.2) is 18.0 Å². The highest BCUT2D eigenvalue weighted by Crippen LogP contribution is 2.08. The van der Waals surface area contributed by atoms with E-state index in [1.165, 1.54) is 0 Å². The molecule has 0 aliphatic carbocycles. The van der Waals surface area contributed by atoms with Gasteiger partial charge in [0.25, 0.3) is 0 Å². The third-order valence-electron chi connectivity index (χ3n) is 2.87. The van der Waals surface area contributed by atoms with Gasteiger partial charge in [0.1, 0.15) is 11.4 Å². The van der Waals surface area contributed by atoms with Crippen LogP contribution in [-0.4, -0.2) is 30.2 Å². The van der Waals surface area contributed by atoms with E-state index < -0.39 is 29.1 Å². The first kappa shape index (κ1) is 19.8. The van der Waals surface area contributed by atoms with E-state index in [1.54, 1.807) is 0 Å². The average molecular weight is 346 g/mol. The third kappa shape index (κ3) is 7.85. The van der Waals surface area contributed by atoms with E-state index in [2.05, 4.69) is 10.6 Å². The molecule has 2 rings (SSSR count). The normalized spacial score (nSPS) is 17.2. The molecule has 1 aliphatic heterocycles. The molecule has 0 radical (unpaired) electrons. The maximum atomic E-state index is 12.0. The van der Waals surface area contributed by atoms with Crippen molar-refractivity contribution in [2.75, 3.05) is 6.54 Å². The Labute approximate surface area is 138 Å². The maximum Gasteiger partial charge on any atom is 0.407 e. The fourth-order valence-electron chi connectivity index (χ4n) is 1.80. The number of alkyl carbamates (subject to hydrolysis) is 1. The van der Waals surface area contributed by atoms with Gasteiger partial charge in [0.2, 0.25) is 5.91 Å². The summed E-state index contributed by atoms with van der Waals surface area (Å²) in [6, 6.07) is 2.08. The lowest BCUT2D eigenvalue weighted by atomic mass is 10.1. The number of rotatable bonds is 1. The van der Waals surface area contributed by atoms with Crippen molar-refractivity contribution in [3.05, 3.63) is 35.7 Å². The van der Waals surface area contributed by atoms with Crippen molar-refractivity contribution in [1.82, 2.24) is 10.6 Å². The van der Waals surface area contributed by atoms with Crippen LogP contribution in [0.1, 0.15) is 33.6 Å². The third-order valence-corrected chi connectivity index (χ3v) is 2.87. The van der Waals surface area contributed by atoms with E-state index in [0.717, 1.165) is 12.1 Å². The molecule has 1 fully saturated rings. The smallest absolute Gasteiger partial charge is 0.407 e. The molecule has 1 aromatic rings. The molecular weight excluding hydrogens is 325 g/mol. The molecule has 24 heavy (non-hydrogen) atoms. The topological polar surface area (TPSA) is 67.4 Å². The summed E-state index contributed by atoms with van der Waals surface area (Å²) in [5.74, 6) is -2.92. The summed E-state index contributed by atoms with van der Waals surface area (Å²) in [7, 11) is 0. The fraction of sp³-hybridized carbons (Fsp3) is 0.500. The number of hydrogen-bond acceptors (Lipinski definition) is 3. The number of halogens is 3. The van der Waals surface area contributed by atoms with Crippen LogP contribution in [0.4, 0.5) is 18.0 Å². The molecule has 1 saturated heterocycles. The Morgan fingerprint density at radius 1 is 1.25 bits per heavy atom. The minimum atomic E-state index is -1.16. The van der Waals surface area contributed by atoms with Crippen LogP contribution in [0, 0.1) is 17.5 Å². The van der Waals surface area contributed by atoms with Crippen molar-refractivity contribution in [3.8, 4) is 0 Å². The number of ether oxygens (including phenoxy) is 1. The Balaban J connectivity index is 0.000000272. The average Bonchev–Trinajstić information content (AvgIpc) is 2.44. The second kappa shape index (κ2) is 8.56. The van der Waals surface area contributed by atoms with Crippen molar-refractivity contribution in [1.29, 1.82) is 0 Å². The molecular formula is C16H21F3N2O3. The zero-order valence-corrected chi connectivity index (χ0v) is 13.8. The van der Waals surface area contributed by atoms with Gasteiger partial charge >= 0.3 is 6.09 Å². The molecule has 0 spiro atoms. The summed E-state index contributed by atoms with van der Waals surface area (Å²) in [6.07, 6.45) is 0.703. The van der Waals surface area contributed by atoms with Gasteiger partial charge in [-0.15, -0.1) is 0 Å². The largest absolute Gasteiger partial charge is 0.444 e. The predicted octanol–water partition coefficient (Wildman–Crippen LogP) is 2.89. The SMILES string of the molecule is CC(C)(C)OC(=O)N[C@@H]1CCC(=O)NC1.Fc1ccc(F)c(F)c1. The summed E-state index contributed by atoms with van der Waals surface area (Å²) in [5.41, 5.74) is -0.484. The highest BCUT2D eigenvalue weighted by atomic mass is 19.2. The molecule has 0 aromatic heterocycles. The van der Waals surface area contributed by atoms with Crippen molar-refractivity contribution in [2.45, 2.75) is 45.3 Å². The molecule has 5 nitrogen and oxygen atoms in total. The Bertz CT molecular complexity index is 578. The molecule has 2 N–H and O–H groups in total. The lowest BCUT2D eigenvalue weighted by molar-refractivity contribution is -0.122. The van der Waals surface area contributed by atoms with Gasteiger partial charge in [-0.05, 0) is 39.3 Å². The fourth-order valence-corrected chi connectivity index (χ4v) is 1.80.